The lowest BCUT2D eigenvalue weighted by atomic mass is 10.1. The molecule has 154 valence electrons. The molecule has 0 N–H and O–H groups in total. The second kappa shape index (κ2) is 9.16. The number of carbonyl (C=O) groups excluding carboxylic acids is 1. The third kappa shape index (κ3) is 4.81. The summed E-state index contributed by atoms with van der Waals surface area (Å²) in [6, 6.07) is 9.46. The van der Waals surface area contributed by atoms with Crippen molar-refractivity contribution in [2.75, 3.05) is 31.7 Å². The van der Waals surface area contributed by atoms with E-state index in [0.29, 0.717) is 35.6 Å². The van der Waals surface area contributed by atoms with Crippen molar-refractivity contribution in [3.05, 3.63) is 30.0 Å². The molecule has 8 heteroatoms. The highest BCUT2D eigenvalue weighted by Crippen LogP contribution is 2.30. The molecule has 1 aromatic heterocycles. The van der Waals surface area contributed by atoms with Crippen LogP contribution in [0.15, 0.2) is 24.3 Å². The molecule has 0 amide bonds. The van der Waals surface area contributed by atoms with Gasteiger partial charge in [0.1, 0.15) is 11.8 Å². The molecule has 0 spiro atoms. The summed E-state index contributed by atoms with van der Waals surface area (Å²) >= 11 is 0. The van der Waals surface area contributed by atoms with Gasteiger partial charge in [-0.15, -0.1) is 0 Å². The van der Waals surface area contributed by atoms with Crippen LogP contribution in [0.25, 0.3) is 11.0 Å². The minimum absolute atomic E-state index is 0.00548. The molecule has 1 aliphatic heterocycles. The van der Waals surface area contributed by atoms with Crippen LogP contribution in [0.5, 0.6) is 0 Å². The molecule has 0 saturated carbocycles. The van der Waals surface area contributed by atoms with E-state index in [1.54, 1.807) is 6.92 Å². The van der Waals surface area contributed by atoms with Crippen LogP contribution in [-0.2, 0) is 19.0 Å². The van der Waals surface area contributed by atoms with Crippen LogP contribution in [0.3, 0.4) is 0 Å². The van der Waals surface area contributed by atoms with Crippen LogP contribution < -0.4 is 4.90 Å². The zero-order chi connectivity index (χ0) is 21.0. The minimum Gasteiger partial charge on any atom is -0.459 e. The van der Waals surface area contributed by atoms with Crippen LogP contribution in [0.1, 0.15) is 32.4 Å². The Labute approximate surface area is 170 Å². The second-order valence-electron chi connectivity index (χ2n) is 7.35. The molecule has 0 bridgehead atoms. The fourth-order valence-electron chi connectivity index (χ4n) is 3.54. The fraction of sp³-hybridized carbons (Fsp3) is 0.524. The number of methoxy groups -OCH3 is 1. The SMILES string of the molecule is COC[C@@H](C)OC(=O)[C@H](C#N)c1nc2ccccc2nc1N1C[C@@H](C)O[C@H](C)C1. The summed E-state index contributed by atoms with van der Waals surface area (Å²) in [6.07, 6.45) is -0.480. The van der Waals surface area contributed by atoms with Crippen molar-refractivity contribution in [3.8, 4) is 6.07 Å². The maximum absolute atomic E-state index is 12.7. The van der Waals surface area contributed by atoms with Gasteiger partial charge < -0.3 is 19.1 Å². The van der Waals surface area contributed by atoms with Crippen molar-refractivity contribution in [1.82, 2.24) is 9.97 Å². The predicted octanol–water partition coefficient (Wildman–Crippen LogP) is 2.43. The number of carbonyl (C=O) groups is 1. The Kier molecular flexibility index (Phi) is 6.62. The van der Waals surface area contributed by atoms with E-state index in [1.165, 1.54) is 7.11 Å². The molecule has 29 heavy (non-hydrogen) atoms. The van der Waals surface area contributed by atoms with Crippen LogP contribution >= 0.6 is 0 Å². The van der Waals surface area contributed by atoms with E-state index in [-0.39, 0.29) is 18.8 Å². The normalized spacial score (nSPS) is 21.4. The number of para-hydroxylation sites is 2. The zero-order valence-electron chi connectivity index (χ0n) is 17.2. The molecule has 1 saturated heterocycles. The summed E-state index contributed by atoms with van der Waals surface area (Å²) in [5.41, 5.74) is 1.64. The molecular formula is C21H26N4O4. The number of anilines is 1. The molecule has 1 aromatic carbocycles. The summed E-state index contributed by atoms with van der Waals surface area (Å²) in [5, 5.41) is 9.80. The predicted molar refractivity (Wildman–Crippen MR) is 108 cm³/mol. The molecule has 8 nitrogen and oxygen atoms in total. The Morgan fingerprint density at radius 1 is 1.28 bits per heavy atom. The molecule has 2 aromatic rings. The molecule has 0 radical (unpaired) electrons. The van der Waals surface area contributed by atoms with E-state index in [9.17, 15) is 10.1 Å². The summed E-state index contributed by atoms with van der Waals surface area (Å²) < 4.78 is 16.2. The zero-order valence-corrected chi connectivity index (χ0v) is 17.2. The summed E-state index contributed by atoms with van der Waals surface area (Å²) in [7, 11) is 1.53. The van der Waals surface area contributed by atoms with Gasteiger partial charge in [0.2, 0.25) is 0 Å². The Morgan fingerprint density at radius 2 is 1.90 bits per heavy atom. The molecule has 4 atom stereocenters. The highest BCUT2D eigenvalue weighted by molar-refractivity contribution is 5.85. The standard InChI is InChI=1S/C21H26N4O4/c1-13-10-25(11-14(2)28-13)20-19(23-17-7-5-6-8-18(17)24-20)16(9-22)21(26)29-15(3)12-27-4/h5-8,13-16H,10-12H2,1-4H3/t13-,14-,15-,16-/m1/s1. The highest BCUT2D eigenvalue weighted by Gasteiger charge is 2.33. The summed E-state index contributed by atoms with van der Waals surface area (Å²) in [5.74, 6) is -1.32. The van der Waals surface area contributed by atoms with Gasteiger partial charge in [0, 0.05) is 20.2 Å². The van der Waals surface area contributed by atoms with E-state index >= 15 is 0 Å². The average molecular weight is 398 g/mol. The van der Waals surface area contributed by atoms with Gasteiger partial charge in [-0.2, -0.15) is 5.26 Å². The number of hydrogen-bond acceptors (Lipinski definition) is 8. The number of nitriles is 1. The number of fused-ring (bicyclic) bond motifs is 1. The van der Waals surface area contributed by atoms with Gasteiger partial charge in [-0.05, 0) is 32.9 Å². The van der Waals surface area contributed by atoms with E-state index in [0.717, 1.165) is 0 Å². The van der Waals surface area contributed by atoms with Crippen molar-refractivity contribution in [2.24, 2.45) is 0 Å². The Hall–Kier alpha value is -2.76. The van der Waals surface area contributed by atoms with Gasteiger partial charge in [0.05, 0.1) is 35.9 Å². The van der Waals surface area contributed by atoms with Gasteiger partial charge in [-0.25, -0.2) is 9.97 Å². The molecular weight excluding hydrogens is 372 g/mol. The molecule has 0 aliphatic carbocycles. The van der Waals surface area contributed by atoms with Crippen LogP contribution in [0.4, 0.5) is 5.82 Å². The number of aromatic nitrogens is 2. The average Bonchev–Trinajstić information content (AvgIpc) is 2.67. The highest BCUT2D eigenvalue weighted by atomic mass is 16.6. The van der Waals surface area contributed by atoms with E-state index in [4.69, 9.17) is 19.2 Å². The topological polar surface area (TPSA) is 97.6 Å². The Balaban J connectivity index is 2.04. The maximum atomic E-state index is 12.7. The Bertz CT molecular complexity index is 903. The molecule has 1 aliphatic rings. The van der Waals surface area contributed by atoms with Crippen molar-refractivity contribution in [3.63, 3.8) is 0 Å². The lowest BCUT2D eigenvalue weighted by molar-refractivity contribution is -0.150. The van der Waals surface area contributed by atoms with Crippen molar-refractivity contribution >= 4 is 22.8 Å². The first-order valence-electron chi connectivity index (χ1n) is 9.69. The largest absolute Gasteiger partial charge is 0.459 e. The Morgan fingerprint density at radius 3 is 2.48 bits per heavy atom. The monoisotopic (exact) mass is 398 g/mol. The van der Waals surface area contributed by atoms with Gasteiger partial charge in [-0.3, -0.25) is 4.79 Å². The summed E-state index contributed by atoms with van der Waals surface area (Å²) in [6.45, 7) is 7.13. The van der Waals surface area contributed by atoms with Gasteiger partial charge >= 0.3 is 5.97 Å². The smallest absolute Gasteiger partial charge is 0.330 e. The van der Waals surface area contributed by atoms with Gasteiger partial charge in [0.25, 0.3) is 0 Å². The van der Waals surface area contributed by atoms with Crippen LogP contribution in [0, 0.1) is 11.3 Å². The lowest BCUT2D eigenvalue weighted by Gasteiger charge is -2.37. The lowest BCUT2D eigenvalue weighted by Crippen LogP contribution is -2.46. The molecule has 1 fully saturated rings. The number of rotatable bonds is 6. The first kappa shape index (κ1) is 21.0. The van der Waals surface area contributed by atoms with E-state index in [1.807, 2.05) is 43.0 Å². The third-order valence-corrected chi connectivity index (χ3v) is 4.65. The van der Waals surface area contributed by atoms with Gasteiger partial charge in [0.15, 0.2) is 11.7 Å². The number of benzene rings is 1. The van der Waals surface area contributed by atoms with E-state index < -0.39 is 18.0 Å². The molecule has 3 rings (SSSR count). The second-order valence-corrected chi connectivity index (χ2v) is 7.35. The number of morpholine rings is 1. The number of ether oxygens (including phenoxy) is 3. The van der Waals surface area contributed by atoms with Gasteiger partial charge in [-0.1, -0.05) is 12.1 Å². The van der Waals surface area contributed by atoms with Crippen LogP contribution in [-0.4, -0.2) is 61.1 Å². The van der Waals surface area contributed by atoms with E-state index in [2.05, 4.69) is 11.1 Å². The first-order chi connectivity index (χ1) is 13.9. The fourth-order valence-corrected chi connectivity index (χ4v) is 3.54. The minimum atomic E-state index is -1.19. The maximum Gasteiger partial charge on any atom is 0.330 e. The number of nitrogens with zero attached hydrogens (tertiary/aromatic N) is 4. The quantitative estimate of drug-likeness (QED) is 0.685. The number of hydrogen-bond donors (Lipinski definition) is 0. The molecule has 0 unspecified atom stereocenters. The number of esters is 1. The van der Waals surface area contributed by atoms with Crippen LogP contribution in [0.2, 0.25) is 0 Å². The summed E-state index contributed by atoms with van der Waals surface area (Å²) in [4.78, 5) is 24.2. The van der Waals surface area contributed by atoms with Crippen molar-refractivity contribution in [2.45, 2.75) is 45.0 Å². The first-order valence-corrected chi connectivity index (χ1v) is 9.69. The third-order valence-electron chi connectivity index (χ3n) is 4.65. The van der Waals surface area contributed by atoms with Crippen molar-refractivity contribution in [1.29, 1.82) is 5.26 Å². The molecule has 2 heterocycles. The van der Waals surface area contributed by atoms with Crippen molar-refractivity contribution < 1.29 is 19.0 Å².